The molecule has 39 heavy (non-hydrogen) atoms. The molecule has 2 aliphatic rings. The second-order valence-electron chi connectivity index (χ2n) is 10.6. The Morgan fingerprint density at radius 1 is 0.821 bits per heavy atom. The van der Waals surface area contributed by atoms with Gasteiger partial charge in [0.25, 0.3) is 0 Å². The lowest BCUT2D eigenvalue weighted by atomic mass is 9.77. The highest BCUT2D eigenvalue weighted by Crippen LogP contribution is 2.54. The third-order valence-electron chi connectivity index (χ3n) is 7.99. The van der Waals surface area contributed by atoms with Crippen molar-refractivity contribution in [2.24, 2.45) is 4.99 Å². The molecule has 0 aliphatic carbocycles. The first-order valence-electron chi connectivity index (χ1n) is 13.1. The van der Waals surface area contributed by atoms with Crippen LogP contribution in [0.2, 0.25) is 0 Å². The first kappa shape index (κ1) is 24.1. The molecule has 0 fully saturated rings. The molecule has 0 saturated heterocycles. The normalized spacial score (nSPS) is 19.3. The average molecular weight is 545 g/mol. The van der Waals surface area contributed by atoms with Gasteiger partial charge in [-0.15, -0.1) is 22.7 Å². The van der Waals surface area contributed by atoms with Crippen molar-refractivity contribution >= 4 is 75.3 Å². The summed E-state index contributed by atoms with van der Waals surface area (Å²) in [6.45, 7) is 4.48. The zero-order valence-electron chi connectivity index (χ0n) is 22.1. The summed E-state index contributed by atoms with van der Waals surface area (Å²) in [6, 6.07) is 27.9. The maximum atomic E-state index is 6.84. The van der Waals surface area contributed by atoms with Crippen LogP contribution in [0.15, 0.2) is 89.2 Å². The predicted molar refractivity (Wildman–Crippen MR) is 170 cm³/mol. The quantitative estimate of drug-likeness (QED) is 0.225. The lowest BCUT2D eigenvalue weighted by Crippen LogP contribution is -2.61. The molecule has 0 amide bonds. The van der Waals surface area contributed by atoms with E-state index in [1.807, 2.05) is 6.21 Å². The van der Waals surface area contributed by atoms with Gasteiger partial charge >= 0.3 is 0 Å². The van der Waals surface area contributed by atoms with Crippen molar-refractivity contribution < 1.29 is 4.74 Å². The van der Waals surface area contributed by atoms with Crippen LogP contribution >= 0.6 is 22.7 Å². The number of anilines is 1. The van der Waals surface area contributed by atoms with Gasteiger partial charge in [-0.05, 0) is 90.4 Å². The predicted octanol–water partition coefficient (Wildman–Crippen LogP) is 9.52. The molecular formula is C34H28N2OS2. The largest absolute Gasteiger partial charge is 0.459 e. The monoisotopic (exact) mass is 544 g/mol. The minimum Gasteiger partial charge on any atom is -0.459 e. The first-order chi connectivity index (χ1) is 18.9. The number of aliphatic imine (C=N–C) groups is 1. The summed E-state index contributed by atoms with van der Waals surface area (Å²) >= 11 is 3.55. The molecule has 1 atom stereocenters. The molecule has 0 N–H and O–H groups in total. The van der Waals surface area contributed by atoms with Crippen molar-refractivity contribution in [2.45, 2.75) is 25.0 Å². The molecule has 5 aromatic rings. The molecule has 2 aliphatic heterocycles. The Kier molecular flexibility index (Phi) is 5.62. The van der Waals surface area contributed by atoms with Crippen molar-refractivity contribution in [3.05, 3.63) is 110 Å². The van der Waals surface area contributed by atoms with E-state index in [0.717, 1.165) is 27.8 Å². The highest BCUT2D eigenvalue weighted by Gasteiger charge is 2.58. The van der Waals surface area contributed by atoms with Crippen molar-refractivity contribution in [3.8, 4) is 5.75 Å². The van der Waals surface area contributed by atoms with Crippen LogP contribution in [0.3, 0.4) is 0 Å². The first-order valence-corrected chi connectivity index (χ1v) is 14.8. The summed E-state index contributed by atoms with van der Waals surface area (Å²) < 4.78 is 6.84. The lowest BCUT2D eigenvalue weighted by molar-refractivity contribution is 0.0826. The van der Waals surface area contributed by atoms with Crippen LogP contribution in [0, 0.1) is 0 Å². The fourth-order valence-corrected chi connectivity index (χ4v) is 7.22. The van der Waals surface area contributed by atoms with Crippen molar-refractivity contribution in [3.63, 3.8) is 0 Å². The molecule has 3 nitrogen and oxygen atoms in total. The number of benzene rings is 3. The summed E-state index contributed by atoms with van der Waals surface area (Å²) in [4.78, 5) is 11.0. The van der Waals surface area contributed by atoms with Gasteiger partial charge in [0.1, 0.15) is 11.4 Å². The summed E-state index contributed by atoms with van der Waals surface area (Å²) in [5, 5.41) is 4.36. The van der Waals surface area contributed by atoms with Crippen molar-refractivity contribution in [2.75, 3.05) is 11.9 Å². The van der Waals surface area contributed by atoms with E-state index in [2.05, 4.69) is 134 Å². The fraction of sp³-hybridized carbons (Fsp3) is 0.147. The van der Waals surface area contributed by atoms with Crippen LogP contribution in [0.4, 0.5) is 11.4 Å². The Morgan fingerprint density at radius 2 is 1.62 bits per heavy atom. The Balaban J connectivity index is 1.15. The van der Waals surface area contributed by atoms with Gasteiger partial charge in [-0.1, -0.05) is 48.5 Å². The number of nitrogens with zero attached hydrogens (tertiary/aromatic N) is 2. The number of likely N-dealkylation sites (N-methyl/N-ethyl adjacent to an activating group) is 1. The van der Waals surface area contributed by atoms with E-state index in [1.54, 1.807) is 22.7 Å². The molecule has 2 aromatic heterocycles. The zero-order valence-corrected chi connectivity index (χ0v) is 23.7. The van der Waals surface area contributed by atoms with E-state index in [4.69, 9.17) is 9.73 Å². The highest BCUT2D eigenvalue weighted by atomic mass is 32.1. The van der Waals surface area contributed by atoms with Gasteiger partial charge in [0, 0.05) is 32.8 Å². The number of para-hydroxylation sites is 1. The Bertz CT molecular complexity index is 1790. The Morgan fingerprint density at radius 3 is 2.41 bits per heavy atom. The van der Waals surface area contributed by atoms with E-state index in [1.165, 1.54) is 25.9 Å². The third kappa shape index (κ3) is 3.88. The van der Waals surface area contributed by atoms with Gasteiger partial charge in [-0.3, -0.25) is 4.99 Å². The van der Waals surface area contributed by atoms with Gasteiger partial charge in [0.2, 0.25) is 5.72 Å². The maximum absolute atomic E-state index is 6.84. The van der Waals surface area contributed by atoms with E-state index in [-0.39, 0.29) is 5.41 Å². The van der Waals surface area contributed by atoms with Crippen LogP contribution in [0.5, 0.6) is 5.75 Å². The fourth-order valence-electron chi connectivity index (χ4n) is 5.78. The van der Waals surface area contributed by atoms with Crippen LogP contribution in [-0.2, 0) is 5.41 Å². The number of fused-ring (bicyclic) bond motifs is 4. The summed E-state index contributed by atoms with van der Waals surface area (Å²) in [7, 11) is 2.10. The maximum Gasteiger partial charge on any atom is 0.228 e. The standard InChI is InChI=1S/C34H28N2OS2/c1-33(2)29-8-4-5-9-30(29)36(3)34(33)22-35-32-28-18-11-23(21-24(28)12-19-31(32)37-34)10-13-26-16-17-27(39-26)15-14-25-7-6-20-38-25/h4-22H,1-3H3/b13-10+,15-14+. The number of hydrogen-bond donors (Lipinski definition) is 0. The van der Waals surface area contributed by atoms with Gasteiger partial charge in [0.15, 0.2) is 0 Å². The summed E-state index contributed by atoms with van der Waals surface area (Å²) in [5.41, 5.74) is 3.59. The Labute approximate surface area is 237 Å². The lowest BCUT2D eigenvalue weighted by Gasteiger charge is -2.45. The molecule has 7 rings (SSSR count). The van der Waals surface area contributed by atoms with E-state index < -0.39 is 5.72 Å². The second kappa shape index (κ2) is 9.08. The van der Waals surface area contributed by atoms with Crippen LogP contribution in [0.1, 0.15) is 39.6 Å². The van der Waals surface area contributed by atoms with Crippen LogP contribution in [-0.4, -0.2) is 19.0 Å². The number of thiophene rings is 2. The molecule has 192 valence electrons. The molecular weight excluding hydrogens is 517 g/mol. The topological polar surface area (TPSA) is 24.8 Å². The van der Waals surface area contributed by atoms with Gasteiger partial charge in [-0.2, -0.15) is 0 Å². The Hall–Kier alpha value is -3.93. The molecule has 1 unspecified atom stereocenters. The minimum absolute atomic E-state index is 0.259. The molecule has 0 bridgehead atoms. The smallest absolute Gasteiger partial charge is 0.228 e. The third-order valence-corrected chi connectivity index (χ3v) is 9.84. The molecule has 3 aromatic carbocycles. The van der Waals surface area contributed by atoms with Crippen molar-refractivity contribution in [1.82, 2.24) is 0 Å². The summed E-state index contributed by atoms with van der Waals surface area (Å²) in [6.07, 6.45) is 10.7. The van der Waals surface area contributed by atoms with Crippen LogP contribution < -0.4 is 9.64 Å². The van der Waals surface area contributed by atoms with E-state index in [9.17, 15) is 0 Å². The molecule has 4 heterocycles. The van der Waals surface area contributed by atoms with Crippen molar-refractivity contribution in [1.29, 1.82) is 0 Å². The van der Waals surface area contributed by atoms with E-state index >= 15 is 0 Å². The molecule has 1 spiro atoms. The van der Waals surface area contributed by atoms with Gasteiger partial charge in [-0.25, -0.2) is 0 Å². The number of hydrogen-bond acceptors (Lipinski definition) is 5. The average Bonchev–Trinajstić information content (AvgIpc) is 3.68. The van der Waals surface area contributed by atoms with Gasteiger partial charge in [0.05, 0.1) is 11.6 Å². The minimum atomic E-state index is -0.668. The second-order valence-corrected chi connectivity index (χ2v) is 12.7. The molecule has 5 heteroatoms. The van der Waals surface area contributed by atoms with E-state index in [0.29, 0.717) is 0 Å². The summed E-state index contributed by atoms with van der Waals surface area (Å²) in [5.74, 6) is 0.822. The van der Waals surface area contributed by atoms with Crippen LogP contribution in [0.25, 0.3) is 35.1 Å². The SMILES string of the molecule is CN1c2ccccc2C(C)(C)C12C=Nc1c(ccc3cc(/C=C/c4ccc(/C=C/c5cccs5)s4)ccc13)O2. The van der Waals surface area contributed by atoms with Gasteiger partial charge < -0.3 is 9.64 Å². The molecule has 0 radical (unpaired) electrons. The number of rotatable bonds is 4. The molecule has 0 saturated carbocycles. The number of ether oxygens (including phenoxy) is 1. The zero-order chi connectivity index (χ0) is 26.6. The highest BCUT2D eigenvalue weighted by molar-refractivity contribution is 7.14.